The largest absolute Gasteiger partial charge is 0.497 e. The van der Waals surface area contributed by atoms with Crippen LogP contribution in [0.4, 0.5) is 5.69 Å². The highest BCUT2D eigenvalue weighted by Crippen LogP contribution is 2.55. The Bertz CT molecular complexity index is 1820. The number of benzene rings is 3. The Morgan fingerprint density at radius 3 is 2.41 bits per heavy atom. The number of anilines is 1. The van der Waals surface area contributed by atoms with E-state index in [1.807, 2.05) is 17.0 Å². The lowest BCUT2D eigenvalue weighted by Gasteiger charge is -2.42. The third-order valence-corrected chi connectivity index (χ3v) is 11.0. The molecule has 0 spiro atoms. The van der Waals surface area contributed by atoms with Gasteiger partial charge in [-0.2, -0.15) is 0 Å². The van der Waals surface area contributed by atoms with Crippen molar-refractivity contribution in [2.24, 2.45) is 0 Å². The van der Waals surface area contributed by atoms with Gasteiger partial charge in [0.05, 0.1) is 33.1 Å². The first-order valence-electron chi connectivity index (χ1n) is 15.9. The molecule has 0 radical (unpaired) electrons. The minimum absolute atomic E-state index is 0.00179. The van der Waals surface area contributed by atoms with E-state index in [-0.39, 0.29) is 22.2 Å². The first-order valence-corrected chi connectivity index (χ1v) is 17.8. The van der Waals surface area contributed by atoms with Crippen LogP contribution in [0, 0.1) is 0 Å². The van der Waals surface area contributed by atoms with Crippen LogP contribution in [-0.2, 0) is 36.4 Å². The second-order valence-corrected chi connectivity index (χ2v) is 14.3. The number of carbonyl (C=O) groups is 2. The zero-order chi connectivity index (χ0) is 35.5. The molecular formula is C35H43ClN4O8S. The smallest absolute Gasteiger partial charge is 0.274 e. The quantitative estimate of drug-likeness (QED) is 0.245. The highest BCUT2D eigenvalue weighted by molar-refractivity contribution is 7.93. The number of likely N-dealkylation sites (tertiary alicyclic amines) is 1. The Balaban J connectivity index is 1.76. The maximum atomic E-state index is 15.5. The van der Waals surface area contributed by atoms with Crippen molar-refractivity contribution in [1.29, 1.82) is 0 Å². The Morgan fingerprint density at radius 1 is 0.980 bits per heavy atom. The number of methoxy groups -OCH3 is 4. The number of hydrogen-bond acceptors (Lipinski definition) is 10. The van der Waals surface area contributed by atoms with Gasteiger partial charge in [-0.1, -0.05) is 23.7 Å². The van der Waals surface area contributed by atoms with Crippen molar-refractivity contribution >= 4 is 39.1 Å². The van der Waals surface area contributed by atoms with Gasteiger partial charge >= 0.3 is 0 Å². The molecule has 2 aliphatic rings. The van der Waals surface area contributed by atoms with Gasteiger partial charge in [0.2, 0.25) is 5.91 Å². The van der Waals surface area contributed by atoms with Crippen LogP contribution in [0.25, 0.3) is 0 Å². The molecule has 2 amide bonds. The van der Waals surface area contributed by atoms with Crippen LogP contribution in [0.3, 0.4) is 0 Å². The molecule has 3 aromatic rings. The molecule has 1 saturated heterocycles. The topological polar surface area (TPSA) is 127 Å². The van der Waals surface area contributed by atoms with Gasteiger partial charge in [0.25, 0.3) is 15.9 Å². The van der Waals surface area contributed by atoms with E-state index in [1.54, 1.807) is 39.4 Å². The van der Waals surface area contributed by atoms with E-state index >= 15 is 4.79 Å². The van der Waals surface area contributed by atoms with E-state index in [4.69, 9.17) is 30.5 Å². The SMILES string of the molecule is COCCCNCc1ccc([C@]2(N3CCCC3C(=O)N(C)C)C(=O)N(S(=O)(=O)c3ccc(OC)cc3OC)c3ccc(Cl)cc32)c(OC)c1. The number of nitrogens with zero attached hydrogens (tertiary/aromatic N) is 3. The summed E-state index contributed by atoms with van der Waals surface area (Å²) in [4.78, 5) is 32.3. The highest BCUT2D eigenvalue weighted by atomic mass is 35.5. The number of amides is 2. The second kappa shape index (κ2) is 14.9. The van der Waals surface area contributed by atoms with E-state index < -0.39 is 27.5 Å². The molecule has 0 aliphatic carbocycles. The second-order valence-electron chi connectivity index (χ2n) is 12.1. The number of rotatable bonds is 14. The standard InChI is InChI=1S/C35H43ClN4O8S/c1-38(2)33(41)29-9-7-17-39(29)35(26-13-10-23(19-30(26)47-5)22-37-16-8-18-45-3)27-20-24(36)11-14-28(27)40(34(35)42)49(43,44)32-15-12-25(46-4)21-31(32)48-6/h10-15,19-21,29,37H,7-9,16-18,22H2,1-6H3/t29?,35-/m1/s1. The minimum atomic E-state index is -4.61. The summed E-state index contributed by atoms with van der Waals surface area (Å²) in [5, 5.41) is 3.68. The Hall–Kier alpha value is -3.88. The summed E-state index contributed by atoms with van der Waals surface area (Å²) in [6.07, 6.45) is 1.90. The summed E-state index contributed by atoms with van der Waals surface area (Å²) >= 11 is 6.64. The number of likely N-dealkylation sites (N-methyl/N-ethyl adjacent to an activating group) is 1. The zero-order valence-corrected chi connectivity index (χ0v) is 30.2. The molecule has 5 rings (SSSR count). The van der Waals surface area contributed by atoms with Crippen LogP contribution in [0.5, 0.6) is 17.2 Å². The van der Waals surface area contributed by atoms with Crippen LogP contribution in [0.1, 0.15) is 36.0 Å². The molecule has 3 aromatic carbocycles. The van der Waals surface area contributed by atoms with Crippen molar-refractivity contribution in [2.75, 3.05) is 66.5 Å². The molecule has 2 atom stereocenters. The van der Waals surface area contributed by atoms with E-state index in [2.05, 4.69) is 5.32 Å². The minimum Gasteiger partial charge on any atom is -0.497 e. The van der Waals surface area contributed by atoms with Gasteiger partial charge in [0, 0.05) is 63.1 Å². The van der Waals surface area contributed by atoms with Gasteiger partial charge in [0.15, 0.2) is 5.54 Å². The van der Waals surface area contributed by atoms with Crippen molar-refractivity contribution in [3.05, 3.63) is 76.3 Å². The fourth-order valence-electron chi connectivity index (χ4n) is 6.81. The van der Waals surface area contributed by atoms with Crippen LogP contribution >= 0.6 is 11.6 Å². The molecule has 49 heavy (non-hydrogen) atoms. The molecular weight excluding hydrogens is 672 g/mol. The molecule has 1 unspecified atom stereocenters. The van der Waals surface area contributed by atoms with Crippen LogP contribution in [0.15, 0.2) is 59.5 Å². The normalized spacial score (nSPS) is 19.2. The molecule has 12 nitrogen and oxygen atoms in total. The van der Waals surface area contributed by atoms with Gasteiger partial charge in [-0.05, 0) is 67.8 Å². The molecule has 14 heteroatoms. The number of hydrogen-bond donors (Lipinski definition) is 1. The Labute approximate surface area is 292 Å². The predicted octanol–water partition coefficient (Wildman–Crippen LogP) is 4.02. The highest BCUT2D eigenvalue weighted by Gasteiger charge is 2.63. The average Bonchev–Trinajstić information content (AvgIpc) is 3.68. The maximum Gasteiger partial charge on any atom is 0.274 e. The van der Waals surface area contributed by atoms with Gasteiger partial charge in [-0.3, -0.25) is 14.5 Å². The first-order chi connectivity index (χ1) is 23.5. The van der Waals surface area contributed by atoms with E-state index in [1.165, 1.54) is 50.5 Å². The lowest BCUT2D eigenvalue weighted by atomic mass is 9.80. The number of ether oxygens (including phenoxy) is 4. The van der Waals surface area contributed by atoms with Gasteiger partial charge in [0.1, 0.15) is 22.1 Å². The molecule has 0 aromatic heterocycles. The first kappa shape index (κ1) is 36.4. The number of fused-ring (bicyclic) bond motifs is 1. The zero-order valence-electron chi connectivity index (χ0n) is 28.6. The molecule has 264 valence electrons. The fraction of sp³-hybridized carbons (Fsp3) is 0.429. The van der Waals surface area contributed by atoms with Gasteiger partial charge < -0.3 is 29.2 Å². The van der Waals surface area contributed by atoms with Crippen molar-refractivity contribution < 1.29 is 37.0 Å². The maximum absolute atomic E-state index is 15.5. The molecule has 0 bridgehead atoms. The van der Waals surface area contributed by atoms with Crippen molar-refractivity contribution in [3.63, 3.8) is 0 Å². The Morgan fingerprint density at radius 2 is 1.73 bits per heavy atom. The molecule has 2 heterocycles. The average molecular weight is 715 g/mol. The third kappa shape index (κ3) is 6.45. The van der Waals surface area contributed by atoms with Gasteiger partial charge in [-0.15, -0.1) is 0 Å². The predicted molar refractivity (Wildman–Crippen MR) is 186 cm³/mol. The van der Waals surface area contributed by atoms with E-state index in [0.29, 0.717) is 60.2 Å². The third-order valence-electron chi connectivity index (χ3n) is 9.05. The summed E-state index contributed by atoms with van der Waals surface area (Å²) in [5.74, 6) is -0.251. The number of carbonyl (C=O) groups excluding carboxylic acids is 2. The van der Waals surface area contributed by atoms with Crippen molar-refractivity contribution in [1.82, 2.24) is 15.1 Å². The molecule has 0 saturated carbocycles. The molecule has 2 aliphatic heterocycles. The summed E-state index contributed by atoms with van der Waals surface area (Å²) in [6, 6.07) is 13.7. The monoisotopic (exact) mass is 714 g/mol. The van der Waals surface area contributed by atoms with Crippen LogP contribution in [0.2, 0.25) is 5.02 Å². The van der Waals surface area contributed by atoms with Crippen molar-refractivity contribution in [3.8, 4) is 17.2 Å². The van der Waals surface area contributed by atoms with E-state index in [0.717, 1.165) is 22.8 Å². The molecule has 1 N–H and O–H groups in total. The summed E-state index contributed by atoms with van der Waals surface area (Å²) in [5.41, 5.74) is -0.0936. The molecule has 1 fully saturated rings. The van der Waals surface area contributed by atoms with Crippen LogP contribution in [-0.4, -0.2) is 98.3 Å². The summed E-state index contributed by atoms with van der Waals surface area (Å²) in [7, 11) is 4.67. The fourth-order valence-corrected chi connectivity index (χ4v) is 8.58. The van der Waals surface area contributed by atoms with Crippen LogP contribution < -0.4 is 23.8 Å². The van der Waals surface area contributed by atoms with E-state index in [9.17, 15) is 13.2 Å². The van der Waals surface area contributed by atoms with Gasteiger partial charge in [-0.25, -0.2) is 12.7 Å². The number of halogens is 1. The lowest BCUT2D eigenvalue weighted by Crippen LogP contribution is -2.59. The number of sulfonamides is 1. The number of nitrogens with one attached hydrogen (secondary N) is 1. The lowest BCUT2D eigenvalue weighted by molar-refractivity contribution is -0.138. The summed E-state index contributed by atoms with van der Waals surface area (Å²) in [6.45, 7) is 2.21. The van der Waals surface area contributed by atoms with Crippen molar-refractivity contribution in [2.45, 2.75) is 42.3 Å². The Kier molecular flexibility index (Phi) is 11.1. The summed E-state index contributed by atoms with van der Waals surface area (Å²) < 4.78 is 52.2.